The lowest BCUT2D eigenvalue weighted by molar-refractivity contribution is -0.171. The van der Waals surface area contributed by atoms with Crippen molar-refractivity contribution in [3.63, 3.8) is 0 Å². The summed E-state index contributed by atoms with van der Waals surface area (Å²) in [6, 6.07) is 0. The molecule has 11 heteroatoms. The maximum atomic E-state index is 12.4. The van der Waals surface area contributed by atoms with Gasteiger partial charge in [-0.1, -0.05) is 14.9 Å². The van der Waals surface area contributed by atoms with Crippen molar-refractivity contribution >= 4 is 35.4 Å². The fourth-order valence-electron chi connectivity index (χ4n) is 8.95. The van der Waals surface area contributed by atoms with Gasteiger partial charge in [-0.05, 0) is 161 Å². The average molecular weight is 750 g/mol. The minimum Gasteiger partial charge on any atom is -0.466 e. The van der Waals surface area contributed by atoms with E-state index in [2.05, 4.69) is 0 Å². The van der Waals surface area contributed by atoms with Crippen LogP contribution in [0.5, 0.6) is 0 Å². The number of rotatable bonds is 8. The highest BCUT2D eigenvalue weighted by Gasteiger charge is 2.54. The van der Waals surface area contributed by atoms with Crippen LogP contribution in [0.3, 0.4) is 0 Å². The zero-order valence-electron chi connectivity index (χ0n) is 32.1. The predicted molar refractivity (Wildman–Crippen MR) is 201 cm³/mol. The maximum Gasteiger partial charge on any atom is 0.310 e. The third-order valence-corrected chi connectivity index (χ3v) is 12.6. The second kappa shape index (κ2) is 18.7. The summed E-state index contributed by atoms with van der Waals surface area (Å²) in [4.78, 5) is 70.8. The Kier molecular flexibility index (Phi) is 16.3. The van der Waals surface area contributed by atoms with Crippen LogP contribution in [0, 0.1) is 51.8 Å². The summed E-state index contributed by atoms with van der Waals surface area (Å²) in [6.07, 6.45) is 15.3. The first-order chi connectivity index (χ1) is 23.9. The molecule has 3 spiro atoms. The Morgan fingerprint density at radius 3 is 1.23 bits per heavy atom. The Labute approximate surface area is 318 Å². The van der Waals surface area contributed by atoms with Gasteiger partial charge in [0, 0.05) is 17.8 Å². The largest absolute Gasteiger partial charge is 0.466 e. The maximum absolute atomic E-state index is 12.4. The van der Waals surface area contributed by atoms with Gasteiger partial charge >= 0.3 is 17.9 Å². The van der Waals surface area contributed by atoms with Crippen molar-refractivity contribution in [3.05, 3.63) is 0 Å². The highest BCUT2D eigenvalue weighted by Crippen LogP contribution is 2.61. The number of hydrogen-bond donors (Lipinski definition) is 2. The lowest BCUT2D eigenvalue weighted by atomic mass is 9.70. The molecule has 0 heterocycles. The number of hydroxylamine groups is 1. The average Bonchev–Trinajstić information content (AvgIpc) is 4.02. The lowest BCUT2D eigenvalue weighted by Crippen LogP contribution is -2.40. The number of hydrogen-bond acceptors (Lipinski definition) is 10. The number of amides is 1. The molecule has 0 radical (unpaired) electrons. The predicted octanol–water partition coefficient (Wildman–Crippen LogP) is 7.97. The summed E-state index contributed by atoms with van der Waals surface area (Å²) < 4.78 is 15.7. The molecule has 0 aromatic heterocycles. The molecule has 2 N–H and O–H groups in total. The molecule has 6 fully saturated rings. The second-order valence-electron chi connectivity index (χ2n) is 17.6. The molecular weight excluding hydrogens is 678 g/mol. The number of ketones is 2. The SMILES string of the molecule is C.C.CC(=O)[C@H]1CC2(CC[C@@H]1C(=O)NO)CC2.CCOC(=O)[C@H]1CCC2(CC2)C[C@@H]1C(=O)OC(C)(C)C.CCOC(=O)[C@H]1CCC2(CC2)C[C@@H]1C(C)=O. The van der Waals surface area contributed by atoms with E-state index in [4.69, 9.17) is 19.4 Å². The molecule has 6 rings (SSSR count). The number of carbonyl (C=O) groups is 6. The molecule has 53 heavy (non-hydrogen) atoms. The Hall–Kier alpha value is -2.82. The van der Waals surface area contributed by atoms with E-state index in [0.29, 0.717) is 29.5 Å². The molecule has 6 aliphatic carbocycles. The van der Waals surface area contributed by atoms with E-state index in [9.17, 15) is 28.8 Å². The topological polar surface area (TPSA) is 162 Å². The minimum absolute atomic E-state index is 0. The molecule has 0 unspecified atom stereocenters. The first kappa shape index (κ1) is 46.3. The summed E-state index contributed by atoms with van der Waals surface area (Å²) in [7, 11) is 0. The van der Waals surface area contributed by atoms with E-state index < -0.39 is 11.5 Å². The highest BCUT2D eigenvalue weighted by molar-refractivity contribution is 5.87. The number of nitrogens with one attached hydrogen (secondary N) is 1. The minimum atomic E-state index is -0.509. The monoisotopic (exact) mass is 750 g/mol. The van der Waals surface area contributed by atoms with Crippen LogP contribution < -0.4 is 5.48 Å². The van der Waals surface area contributed by atoms with Crippen LogP contribution in [0.2, 0.25) is 0 Å². The summed E-state index contributed by atoms with van der Waals surface area (Å²) in [5.41, 5.74) is 2.26. The van der Waals surface area contributed by atoms with Gasteiger partial charge in [0.15, 0.2) is 0 Å². The van der Waals surface area contributed by atoms with Crippen LogP contribution in [-0.2, 0) is 43.0 Å². The van der Waals surface area contributed by atoms with Crippen LogP contribution in [-0.4, -0.2) is 59.4 Å². The van der Waals surface area contributed by atoms with Crippen molar-refractivity contribution in [1.82, 2.24) is 5.48 Å². The van der Waals surface area contributed by atoms with E-state index in [0.717, 1.165) is 57.8 Å². The number of Topliss-reactive ketones (excluding diaryl/α,β-unsaturated/α-hetero) is 2. The summed E-state index contributed by atoms with van der Waals surface area (Å²) >= 11 is 0. The molecule has 6 aliphatic rings. The van der Waals surface area contributed by atoms with Crippen LogP contribution >= 0.6 is 0 Å². The number of esters is 3. The van der Waals surface area contributed by atoms with Gasteiger partial charge < -0.3 is 14.2 Å². The summed E-state index contributed by atoms with van der Waals surface area (Å²) in [6.45, 7) is 13.1. The Morgan fingerprint density at radius 2 is 0.906 bits per heavy atom. The molecule has 6 atom stereocenters. The van der Waals surface area contributed by atoms with E-state index in [-0.39, 0.29) is 79.8 Å². The van der Waals surface area contributed by atoms with Gasteiger partial charge in [0.2, 0.25) is 5.91 Å². The third-order valence-electron chi connectivity index (χ3n) is 12.6. The van der Waals surface area contributed by atoms with Crippen LogP contribution in [0.1, 0.15) is 160 Å². The number of carbonyl (C=O) groups excluding carboxylic acids is 6. The first-order valence-electron chi connectivity index (χ1n) is 19.4. The zero-order chi connectivity index (χ0) is 37.8. The van der Waals surface area contributed by atoms with Crippen molar-refractivity contribution in [1.29, 1.82) is 0 Å². The molecule has 0 saturated heterocycles. The fourth-order valence-corrected chi connectivity index (χ4v) is 8.95. The third kappa shape index (κ3) is 12.3. The number of ether oxygens (including phenoxy) is 3. The van der Waals surface area contributed by atoms with E-state index in [1.165, 1.54) is 38.5 Å². The normalized spacial score (nSPS) is 29.1. The molecular formula is C42H71NO10. The van der Waals surface area contributed by atoms with E-state index >= 15 is 0 Å². The molecule has 0 aliphatic heterocycles. The van der Waals surface area contributed by atoms with Crippen molar-refractivity contribution in [2.24, 2.45) is 51.8 Å². The van der Waals surface area contributed by atoms with Crippen molar-refractivity contribution in [2.75, 3.05) is 13.2 Å². The van der Waals surface area contributed by atoms with Gasteiger partial charge in [-0.3, -0.25) is 34.0 Å². The lowest BCUT2D eigenvalue weighted by Gasteiger charge is -2.35. The molecule has 1 amide bonds. The van der Waals surface area contributed by atoms with Crippen molar-refractivity contribution < 1.29 is 48.2 Å². The summed E-state index contributed by atoms with van der Waals surface area (Å²) in [5, 5.41) is 8.62. The van der Waals surface area contributed by atoms with E-state index in [1.54, 1.807) is 26.3 Å². The summed E-state index contributed by atoms with van der Waals surface area (Å²) in [5.74, 6) is -2.23. The molecule has 0 aromatic rings. The Bertz CT molecular complexity index is 1300. The van der Waals surface area contributed by atoms with Gasteiger partial charge in [0.05, 0.1) is 31.0 Å². The molecule has 6 saturated carbocycles. The molecule has 11 nitrogen and oxygen atoms in total. The van der Waals surface area contributed by atoms with Crippen LogP contribution in [0.25, 0.3) is 0 Å². The van der Waals surface area contributed by atoms with Gasteiger partial charge in [-0.2, -0.15) is 0 Å². The standard InChI is InChI=1S/C16H26O4.C13H20O3.C11H17NO3.2CH4/c1-5-19-13(17)11-6-7-16(8-9-16)10-12(11)14(18)20-15(2,3)4;1-3-16-12(15)10-4-5-13(6-7-13)8-11(10)9(2)14;1-7(13)9-6-11(4-5-11)3-2-8(9)10(14)12-15;;/h11-12H,5-10H2,1-4H3;10-11H,3-8H2,1-2H3;8-9,15H,2-6H2,1H3,(H,12,14);2*1H4/t11-,12-;10-,11+;8-,9+;;/m000../s1. The van der Waals surface area contributed by atoms with Gasteiger partial charge in [-0.25, -0.2) is 5.48 Å². The quantitative estimate of drug-likeness (QED) is 0.108. The first-order valence-corrected chi connectivity index (χ1v) is 19.4. The molecule has 304 valence electrons. The fraction of sp³-hybridized carbons (Fsp3) is 0.857. The van der Waals surface area contributed by atoms with Gasteiger partial charge in [-0.15, -0.1) is 0 Å². The Morgan fingerprint density at radius 1 is 0.566 bits per heavy atom. The molecule has 0 aromatic carbocycles. The van der Waals surface area contributed by atoms with Crippen LogP contribution in [0.15, 0.2) is 0 Å². The van der Waals surface area contributed by atoms with E-state index in [1.807, 2.05) is 27.7 Å². The van der Waals surface area contributed by atoms with Crippen molar-refractivity contribution in [3.8, 4) is 0 Å². The Balaban J connectivity index is 0.000000273. The van der Waals surface area contributed by atoms with Crippen LogP contribution in [0.4, 0.5) is 0 Å². The molecule has 0 bridgehead atoms. The highest BCUT2D eigenvalue weighted by atomic mass is 16.6. The van der Waals surface area contributed by atoms with Gasteiger partial charge in [0.1, 0.15) is 17.2 Å². The van der Waals surface area contributed by atoms with Gasteiger partial charge in [0.25, 0.3) is 0 Å². The smallest absolute Gasteiger partial charge is 0.310 e. The zero-order valence-corrected chi connectivity index (χ0v) is 32.1. The van der Waals surface area contributed by atoms with Crippen molar-refractivity contribution in [2.45, 2.75) is 165 Å². The second-order valence-corrected chi connectivity index (χ2v) is 17.6.